The maximum absolute atomic E-state index is 12.6. The Balaban J connectivity index is 2.03. The summed E-state index contributed by atoms with van der Waals surface area (Å²) < 4.78 is 7.06. The van der Waals surface area contributed by atoms with Crippen molar-refractivity contribution in [2.24, 2.45) is 0 Å². The van der Waals surface area contributed by atoms with Crippen molar-refractivity contribution in [3.05, 3.63) is 65.2 Å². The quantitative estimate of drug-likeness (QED) is 0.496. The summed E-state index contributed by atoms with van der Waals surface area (Å²) in [7, 11) is 0. The Bertz CT molecular complexity index is 1070. The molecule has 0 aliphatic carbocycles. The molecule has 0 radical (unpaired) electrons. The Hall–Kier alpha value is -2.99. The van der Waals surface area contributed by atoms with Crippen molar-refractivity contribution in [1.82, 2.24) is 14.8 Å². The second kappa shape index (κ2) is 6.72. The van der Waals surface area contributed by atoms with Gasteiger partial charge in [0.15, 0.2) is 5.65 Å². The number of ether oxygens (including phenoxy) is 1. The molecule has 1 aromatic carbocycles. The number of aromatic nitrogens is 3. The number of hydrogen-bond donors (Lipinski definition) is 0. The van der Waals surface area contributed by atoms with Crippen molar-refractivity contribution in [2.75, 3.05) is 6.61 Å². The van der Waals surface area contributed by atoms with Gasteiger partial charge >= 0.3 is 5.97 Å². The van der Waals surface area contributed by atoms with Crippen LogP contribution in [-0.4, -0.2) is 27.3 Å². The number of hydrogen-bond acceptors (Lipinski definition) is 5. The summed E-state index contributed by atoms with van der Waals surface area (Å²) >= 11 is 1.58. The van der Waals surface area contributed by atoms with E-state index in [9.17, 15) is 4.79 Å². The van der Waals surface area contributed by atoms with Crippen molar-refractivity contribution in [1.29, 1.82) is 0 Å². The molecule has 0 unspecified atom stereocenters. The van der Waals surface area contributed by atoms with Crippen LogP contribution in [0.3, 0.4) is 0 Å². The lowest BCUT2D eigenvalue weighted by atomic mass is 10.1. The number of benzene rings is 1. The van der Waals surface area contributed by atoms with E-state index < -0.39 is 0 Å². The Kier molecular flexibility index (Phi) is 4.26. The van der Waals surface area contributed by atoms with Crippen LogP contribution in [0, 0.1) is 6.92 Å². The van der Waals surface area contributed by atoms with Gasteiger partial charge in [0, 0.05) is 0 Å². The highest BCUT2D eigenvalue weighted by Gasteiger charge is 2.21. The first-order valence-electron chi connectivity index (χ1n) is 8.36. The number of rotatable bonds is 4. The molecular formula is C20H17N3O2S. The van der Waals surface area contributed by atoms with Gasteiger partial charge in [0.2, 0.25) is 0 Å². The molecule has 0 amide bonds. The summed E-state index contributed by atoms with van der Waals surface area (Å²) in [4.78, 5) is 18.4. The van der Waals surface area contributed by atoms with E-state index >= 15 is 0 Å². The molecule has 0 saturated carbocycles. The van der Waals surface area contributed by atoms with E-state index in [1.54, 1.807) is 29.0 Å². The predicted molar refractivity (Wildman–Crippen MR) is 103 cm³/mol. The number of pyridine rings is 1. The molecule has 5 nitrogen and oxygen atoms in total. The van der Waals surface area contributed by atoms with Crippen molar-refractivity contribution in [2.45, 2.75) is 13.8 Å². The molecule has 0 aliphatic rings. The lowest BCUT2D eigenvalue weighted by molar-refractivity contribution is 0.0528. The van der Waals surface area contributed by atoms with Gasteiger partial charge in [-0.05, 0) is 43.5 Å². The predicted octanol–water partition coefficient (Wildman–Crippen LogP) is 4.63. The summed E-state index contributed by atoms with van der Waals surface area (Å²) in [6.07, 6.45) is 0. The molecule has 3 aromatic heterocycles. The first kappa shape index (κ1) is 16.5. The maximum atomic E-state index is 12.6. The zero-order valence-electron chi connectivity index (χ0n) is 14.5. The molecule has 4 aromatic rings. The van der Waals surface area contributed by atoms with E-state index in [0.717, 1.165) is 27.3 Å². The fourth-order valence-electron chi connectivity index (χ4n) is 2.96. The summed E-state index contributed by atoms with van der Waals surface area (Å²) in [6, 6.07) is 15.6. The molecule has 0 atom stereocenters. The van der Waals surface area contributed by atoms with Crippen molar-refractivity contribution in [3.63, 3.8) is 0 Å². The van der Waals surface area contributed by atoms with Gasteiger partial charge in [0.05, 0.1) is 39.5 Å². The molecule has 0 N–H and O–H groups in total. The molecule has 0 aliphatic heterocycles. The minimum absolute atomic E-state index is 0.322. The zero-order valence-corrected chi connectivity index (χ0v) is 15.3. The number of nitrogens with zero attached hydrogens (tertiary/aromatic N) is 3. The third-order valence-corrected chi connectivity index (χ3v) is 4.97. The minimum atomic E-state index is -0.353. The second-order valence-electron chi connectivity index (χ2n) is 5.78. The standard InChI is InChI=1S/C20H17N3O2S/c1-3-25-20(24)15-12-16(17-10-7-11-26-17)21-19-18(15)13(2)22-23(19)14-8-5-4-6-9-14/h4-12H,3H2,1-2H3. The summed E-state index contributed by atoms with van der Waals surface area (Å²) in [5.74, 6) is -0.353. The molecule has 0 saturated heterocycles. The Morgan fingerprint density at radius 3 is 2.69 bits per heavy atom. The first-order chi connectivity index (χ1) is 12.7. The normalized spacial score (nSPS) is 11.0. The molecule has 0 fully saturated rings. The fourth-order valence-corrected chi connectivity index (χ4v) is 3.64. The van der Waals surface area contributed by atoms with Gasteiger partial charge in [-0.15, -0.1) is 11.3 Å². The highest BCUT2D eigenvalue weighted by atomic mass is 32.1. The lowest BCUT2D eigenvalue weighted by Crippen LogP contribution is -2.07. The molecule has 0 bridgehead atoms. The summed E-state index contributed by atoms with van der Waals surface area (Å²) in [6.45, 7) is 4.01. The Morgan fingerprint density at radius 2 is 2.00 bits per heavy atom. The van der Waals surface area contributed by atoms with Crippen LogP contribution in [0.2, 0.25) is 0 Å². The molecule has 6 heteroatoms. The topological polar surface area (TPSA) is 57.0 Å². The number of fused-ring (bicyclic) bond motifs is 1. The van der Waals surface area contributed by atoms with Crippen LogP contribution in [0.15, 0.2) is 53.9 Å². The summed E-state index contributed by atoms with van der Waals surface area (Å²) in [5, 5.41) is 7.36. The van der Waals surface area contributed by atoms with Crippen LogP contribution in [0.1, 0.15) is 23.0 Å². The third kappa shape index (κ3) is 2.78. The van der Waals surface area contributed by atoms with Gasteiger partial charge in [-0.1, -0.05) is 24.3 Å². The maximum Gasteiger partial charge on any atom is 0.339 e. The highest BCUT2D eigenvalue weighted by molar-refractivity contribution is 7.13. The SMILES string of the molecule is CCOC(=O)c1cc(-c2cccs2)nc2c1c(C)nn2-c1ccccc1. The minimum Gasteiger partial charge on any atom is -0.462 e. The van der Waals surface area contributed by atoms with E-state index in [-0.39, 0.29) is 5.97 Å². The number of para-hydroxylation sites is 1. The Morgan fingerprint density at radius 1 is 1.19 bits per heavy atom. The summed E-state index contributed by atoms with van der Waals surface area (Å²) in [5.41, 5.74) is 3.54. The highest BCUT2D eigenvalue weighted by Crippen LogP contribution is 2.31. The van der Waals surface area contributed by atoms with Gasteiger partial charge in [0.1, 0.15) is 0 Å². The number of esters is 1. The van der Waals surface area contributed by atoms with Gasteiger partial charge < -0.3 is 4.74 Å². The number of carbonyl (C=O) groups is 1. The molecule has 4 rings (SSSR count). The number of carbonyl (C=O) groups excluding carboxylic acids is 1. The van der Waals surface area contributed by atoms with E-state index in [0.29, 0.717) is 17.8 Å². The molecule has 26 heavy (non-hydrogen) atoms. The largest absolute Gasteiger partial charge is 0.462 e. The van der Waals surface area contributed by atoms with Crippen molar-refractivity contribution in [3.8, 4) is 16.3 Å². The van der Waals surface area contributed by atoms with Crippen molar-refractivity contribution < 1.29 is 9.53 Å². The van der Waals surface area contributed by atoms with Gasteiger partial charge in [-0.2, -0.15) is 5.10 Å². The van der Waals surface area contributed by atoms with Crippen LogP contribution < -0.4 is 0 Å². The van der Waals surface area contributed by atoms with E-state index in [1.165, 1.54) is 0 Å². The van der Waals surface area contributed by atoms with E-state index in [2.05, 4.69) is 5.10 Å². The number of aryl methyl sites for hydroxylation is 1. The molecule has 3 heterocycles. The second-order valence-corrected chi connectivity index (χ2v) is 6.73. The Labute approximate surface area is 154 Å². The van der Waals surface area contributed by atoms with Crippen LogP contribution in [0.25, 0.3) is 27.3 Å². The van der Waals surface area contributed by atoms with Crippen LogP contribution in [0.4, 0.5) is 0 Å². The third-order valence-electron chi connectivity index (χ3n) is 4.08. The van der Waals surface area contributed by atoms with Gasteiger partial charge in [0.25, 0.3) is 0 Å². The lowest BCUT2D eigenvalue weighted by Gasteiger charge is -2.08. The molecule has 130 valence electrons. The van der Waals surface area contributed by atoms with Crippen molar-refractivity contribution >= 4 is 28.3 Å². The zero-order chi connectivity index (χ0) is 18.1. The smallest absolute Gasteiger partial charge is 0.339 e. The van der Waals surface area contributed by atoms with Crippen LogP contribution >= 0.6 is 11.3 Å². The average Bonchev–Trinajstić information content (AvgIpc) is 3.30. The van der Waals surface area contributed by atoms with Gasteiger partial charge in [-0.3, -0.25) is 0 Å². The molecule has 0 spiro atoms. The van der Waals surface area contributed by atoms with Crippen LogP contribution in [-0.2, 0) is 4.74 Å². The van der Waals surface area contributed by atoms with E-state index in [4.69, 9.17) is 9.72 Å². The number of thiophene rings is 1. The first-order valence-corrected chi connectivity index (χ1v) is 9.23. The average molecular weight is 363 g/mol. The fraction of sp³-hybridized carbons (Fsp3) is 0.150. The van der Waals surface area contributed by atoms with E-state index in [1.807, 2.05) is 54.8 Å². The monoisotopic (exact) mass is 363 g/mol. The van der Waals surface area contributed by atoms with Gasteiger partial charge in [-0.25, -0.2) is 14.5 Å². The molecular weight excluding hydrogens is 346 g/mol. The van der Waals surface area contributed by atoms with Crippen LogP contribution in [0.5, 0.6) is 0 Å².